The first-order valence-electron chi connectivity index (χ1n) is 6.52. The predicted octanol–water partition coefficient (Wildman–Crippen LogP) is 1.34. The van der Waals surface area contributed by atoms with Gasteiger partial charge in [-0.25, -0.2) is 10.5 Å². The highest BCUT2D eigenvalue weighted by atomic mass is 16.7. The van der Waals surface area contributed by atoms with Gasteiger partial charge in [0, 0.05) is 25.1 Å². The molecule has 0 fully saturated rings. The van der Waals surface area contributed by atoms with E-state index in [1.165, 1.54) is 0 Å². The minimum Gasteiger partial charge on any atom is -0.359 e. The van der Waals surface area contributed by atoms with Gasteiger partial charge in [-0.2, -0.15) is 5.48 Å². The molecule has 0 saturated carbocycles. The molecular weight excluding hydrogens is 262 g/mol. The number of hydroxylamine groups is 2. The summed E-state index contributed by atoms with van der Waals surface area (Å²) in [7, 11) is 0. The largest absolute Gasteiger partial charge is 0.359 e. The zero-order chi connectivity index (χ0) is 14.6. The second kappa shape index (κ2) is 9.74. The van der Waals surface area contributed by atoms with Crippen LogP contribution in [0.2, 0.25) is 0 Å². The standard InChI is InChI=1S/C13H19N3O4/c17-11(15-19)7-3-1-2-4-8-12(18)16-20-13-9-5-6-10-14-13/h5-6,9-10,19H,1-4,7-8H2,(H,15,17)(H,16,18). The number of carbonyl (C=O) groups is 2. The SMILES string of the molecule is O=C(CCCCCCC(=O)NOc1ccccn1)NO. The fraction of sp³-hybridized carbons (Fsp3) is 0.462. The molecule has 0 aliphatic carbocycles. The topological polar surface area (TPSA) is 101 Å². The van der Waals surface area contributed by atoms with Crippen LogP contribution in [0.5, 0.6) is 5.88 Å². The lowest BCUT2D eigenvalue weighted by atomic mass is 10.1. The van der Waals surface area contributed by atoms with E-state index < -0.39 is 0 Å². The van der Waals surface area contributed by atoms with E-state index in [0.717, 1.165) is 19.3 Å². The van der Waals surface area contributed by atoms with Crippen molar-refractivity contribution in [3.05, 3.63) is 24.4 Å². The van der Waals surface area contributed by atoms with Crippen LogP contribution >= 0.6 is 0 Å². The summed E-state index contributed by atoms with van der Waals surface area (Å²) in [6.45, 7) is 0. The van der Waals surface area contributed by atoms with Gasteiger partial charge in [0.1, 0.15) is 0 Å². The van der Waals surface area contributed by atoms with Crippen molar-refractivity contribution in [2.45, 2.75) is 38.5 Å². The molecule has 1 rings (SSSR count). The Hall–Kier alpha value is -2.15. The molecule has 1 aromatic rings. The van der Waals surface area contributed by atoms with Gasteiger partial charge in [0.2, 0.25) is 11.8 Å². The van der Waals surface area contributed by atoms with E-state index in [4.69, 9.17) is 10.0 Å². The first kappa shape index (κ1) is 15.9. The first-order valence-corrected chi connectivity index (χ1v) is 6.52. The summed E-state index contributed by atoms with van der Waals surface area (Å²) in [5, 5.41) is 8.29. The molecule has 0 atom stereocenters. The second-order valence-electron chi connectivity index (χ2n) is 4.24. The summed E-state index contributed by atoms with van der Waals surface area (Å²) in [6.07, 6.45) is 5.32. The Morgan fingerprint density at radius 2 is 1.80 bits per heavy atom. The Morgan fingerprint density at radius 1 is 1.10 bits per heavy atom. The van der Waals surface area contributed by atoms with E-state index in [2.05, 4.69) is 10.5 Å². The molecule has 0 aromatic carbocycles. The van der Waals surface area contributed by atoms with Crippen LogP contribution < -0.4 is 15.8 Å². The lowest BCUT2D eigenvalue weighted by molar-refractivity contribution is -0.129. The van der Waals surface area contributed by atoms with Crippen molar-refractivity contribution in [2.24, 2.45) is 0 Å². The number of carbonyl (C=O) groups excluding carboxylic acids is 2. The Kier molecular flexibility index (Phi) is 7.74. The fourth-order valence-electron chi connectivity index (χ4n) is 1.55. The summed E-state index contributed by atoms with van der Waals surface area (Å²) in [5.41, 5.74) is 3.90. The summed E-state index contributed by atoms with van der Waals surface area (Å²) >= 11 is 0. The maximum atomic E-state index is 11.4. The quantitative estimate of drug-likeness (QED) is 0.360. The predicted molar refractivity (Wildman–Crippen MR) is 70.6 cm³/mol. The smallest absolute Gasteiger partial charge is 0.252 e. The number of nitrogens with one attached hydrogen (secondary N) is 2. The highest BCUT2D eigenvalue weighted by molar-refractivity contribution is 5.75. The molecule has 0 spiro atoms. The van der Waals surface area contributed by atoms with Gasteiger partial charge in [-0.15, -0.1) is 0 Å². The molecule has 7 nitrogen and oxygen atoms in total. The van der Waals surface area contributed by atoms with Crippen molar-refractivity contribution in [3.8, 4) is 5.88 Å². The van der Waals surface area contributed by atoms with Crippen LogP contribution in [-0.4, -0.2) is 22.0 Å². The summed E-state index contributed by atoms with van der Waals surface area (Å²) in [5.74, 6) is -0.244. The van der Waals surface area contributed by atoms with Crippen LogP contribution in [0.4, 0.5) is 0 Å². The number of pyridine rings is 1. The molecule has 0 unspecified atom stereocenters. The third-order valence-corrected chi connectivity index (χ3v) is 2.59. The van der Waals surface area contributed by atoms with Crippen molar-refractivity contribution in [2.75, 3.05) is 0 Å². The number of nitrogens with zero attached hydrogens (tertiary/aromatic N) is 1. The van der Waals surface area contributed by atoms with Crippen molar-refractivity contribution >= 4 is 11.8 Å². The van der Waals surface area contributed by atoms with Gasteiger partial charge >= 0.3 is 0 Å². The van der Waals surface area contributed by atoms with Gasteiger partial charge in [0.05, 0.1) is 0 Å². The van der Waals surface area contributed by atoms with Gasteiger partial charge in [0.25, 0.3) is 5.91 Å². The van der Waals surface area contributed by atoms with E-state index in [1.807, 2.05) is 0 Å². The Labute approximate surface area is 117 Å². The maximum absolute atomic E-state index is 11.4. The molecule has 0 bridgehead atoms. The number of amides is 2. The number of unbranched alkanes of at least 4 members (excludes halogenated alkanes) is 3. The maximum Gasteiger partial charge on any atom is 0.252 e. The summed E-state index contributed by atoms with van der Waals surface area (Å²) in [4.78, 5) is 31.1. The molecule has 7 heteroatoms. The van der Waals surface area contributed by atoms with E-state index in [9.17, 15) is 9.59 Å². The van der Waals surface area contributed by atoms with Gasteiger partial charge in [-0.3, -0.25) is 14.8 Å². The molecule has 2 amide bonds. The molecule has 3 N–H and O–H groups in total. The average Bonchev–Trinajstić information content (AvgIpc) is 2.49. The van der Waals surface area contributed by atoms with Crippen molar-refractivity contribution < 1.29 is 19.6 Å². The Morgan fingerprint density at radius 3 is 2.40 bits per heavy atom. The first-order chi connectivity index (χ1) is 9.72. The lowest BCUT2D eigenvalue weighted by Gasteiger charge is -2.05. The van der Waals surface area contributed by atoms with Crippen molar-refractivity contribution in [1.82, 2.24) is 15.9 Å². The van der Waals surface area contributed by atoms with Crippen molar-refractivity contribution in [1.29, 1.82) is 0 Å². The van der Waals surface area contributed by atoms with Crippen LogP contribution in [0.15, 0.2) is 24.4 Å². The minimum atomic E-state index is -0.383. The highest BCUT2D eigenvalue weighted by Crippen LogP contribution is 2.06. The molecule has 1 heterocycles. The van der Waals surface area contributed by atoms with Crippen LogP contribution in [0.3, 0.4) is 0 Å². The van der Waals surface area contributed by atoms with E-state index >= 15 is 0 Å². The normalized spacial score (nSPS) is 9.85. The average molecular weight is 281 g/mol. The Balaban J connectivity index is 1.99. The fourth-order valence-corrected chi connectivity index (χ4v) is 1.55. The second-order valence-corrected chi connectivity index (χ2v) is 4.24. The molecular formula is C13H19N3O4. The monoisotopic (exact) mass is 281 g/mol. The van der Waals surface area contributed by atoms with E-state index in [0.29, 0.717) is 25.1 Å². The van der Waals surface area contributed by atoms with E-state index in [1.54, 1.807) is 29.9 Å². The molecule has 20 heavy (non-hydrogen) atoms. The molecule has 0 radical (unpaired) electrons. The van der Waals surface area contributed by atoms with Crippen LogP contribution in [0.1, 0.15) is 38.5 Å². The number of hydrogen-bond acceptors (Lipinski definition) is 5. The zero-order valence-corrected chi connectivity index (χ0v) is 11.2. The highest BCUT2D eigenvalue weighted by Gasteiger charge is 2.03. The third kappa shape index (κ3) is 7.32. The summed E-state index contributed by atoms with van der Waals surface area (Å²) < 4.78 is 0. The van der Waals surface area contributed by atoms with Crippen LogP contribution in [-0.2, 0) is 9.59 Å². The Bertz CT molecular complexity index is 411. The molecule has 0 aliphatic rings. The zero-order valence-electron chi connectivity index (χ0n) is 11.2. The molecule has 110 valence electrons. The van der Waals surface area contributed by atoms with Crippen molar-refractivity contribution in [3.63, 3.8) is 0 Å². The van der Waals surface area contributed by atoms with Crippen LogP contribution in [0.25, 0.3) is 0 Å². The lowest BCUT2D eigenvalue weighted by Crippen LogP contribution is -2.26. The number of aromatic nitrogens is 1. The van der Waals surface area contributed by atoms with Gasteiger partial charge in [-0.05, 0) is 18.9 Å². The minimum absolute atomic E-state index is 0.205. The number of hydrogen-bond donors (Lipinski definition) is 3. The van der Waals surface area contributed by atoms with E-state index in [-0.39, 0.29) is 11.8 Å². The molecule has 0 aliphatic heterocycles. The molecule has 0 saturated heterocycles. The third-order valence-electron chi connectivity index (χ3n) is 2.59. The summed E-state index contributed by atoms with van der Waals surface area (Å²) in [6, 6.07) is 5.16. The van der Waals surface area contributed by atoms with Gasteiger partial charge in [-0.1, -0.05) is 18.9 Å². The van der Waals surface area contributed by atoms with Gasteiger partial charge < -0.3 is 4.84 Å². The number of rotatable bonds is 9. The van der Waals surface area contributed by atoms with Gasteiger partial charge in [0.15, 0.2) is 0 Å². The molecule has 1 aromatic heterocycles. The van der Waals surface area contributed by atoms with Crippen LogP contribution in [0, 0.1) is 0 Å².